The van der Waals surface area contributed by atoms with Crippen LogP contribution in [0.1, 0.15) is 19.3 Å². The molecule has 2 atom stereocenters. The highest BCUT2D eigenvalue weighted by atomic mass is 79.9. The minimum atomic E-state index is -0.503. The number of hydrogen-bond acceptors (Lipinski definition) is 5. The number of aliphatic hydroxyl groups excluding tert-OH is 1. The fourth-order valence-electron chi connectivity index (χ4n) is 2.89. The molecule has 1 aliphatic heterocycles. The number of hydrogen-bond donors (Lipinski definition) is 2. The van der Waals surface area contributed by atoms with Crippen LogP contribution in [0, 0.1) is 0 Å². The monoisotopic (exact) mass is 379 g/mol. The zero-order chi connectivity index (χ0) is 16.4. The Morgan fingerprint density at radius 2 is 2.30 bits per heavy atom. The van der Waals surface area contributed by atoms with Gasteiger partial charge in [-0.2, -0.15) is 0 Å². The first-order valence-corrected chi connectivity index (χ1v) is 8.42. The first-order chi connectivity index (χ1) is 11.0. The maximum absolute atomic E-state index is 12.4. The van der Waals surface area contributed by atoms with E-state index in [0.29, 0.717) is 17.3 Å². The third-order valence-corrected chi connectivity index (χ3v) is 4.62. The van der Waals surface area contributed by atoms with Gasteiger partial charge in [-0.3, -0.25) is 14.2 Å². The van der Waals surface area contributed by atoms with Crippen molar-refractivity contribution >= 4 is 32.6 Å². The summed E-state index contributed by atoms with van der Waals surface area (Å²) in [4.78, 5) is 28.9. The number of Topliss-reactive ketones (excluding diaryl/α,β-unsaturated/α-hetero) is 1. The number of nitrogens with one attached hydrogen (secondary N) is 1. The average molecular weight is 380 g/mol. The first kappa shape index (κ1) is 16.3. The lowest BCUT2D eigenvalue weighted by Gasteiger charge is -2.28. The number of fused-ring (bicyclic) bond motifs is 1. The van der Waals surface area contributed by atoms with Crippen LogP contribution in [0.25, 0.3) is 10.9 Å². The number of benzene rings is 1. The molecule has 2 aromatic rings. The molecular weight excluding hydrogens is 362 g/mol. The molecule has 1 aromatic heterocycles. The lowest BCUT2D eigenvalue weighted by molar-refractivity contribution is -0.121. The molecule has 0 amide bonds. The van der Waals surface area contributed by atoms with Gasteiger partial charge in [-0.1, -0.05) is 15.9 Å². The molecule has 0 spiro atoms. The van der Waals surface area contributed by atoms with Gasteiger partial charge in [-0.25, -0.2) is 4.98 Å². The minimum absolute atomic E-state index is 0.0251. The quantitative estimate of drug-likeness (QED) is 0.834. The molecule has 6 nitrogen and oxygen atoms in total. The zero-order valence-corrected chi connectivity index (χ0v) is 14.1. The van der Waals surface area contributed by atoms with Gasteiger partial charge in [0, 0.05) is 16.9 Å². The first-order valence-electron chi connectivity index (χ1n) is 7.62. The Morgan fingerprint density at radius 1 is 1.48 bits per heavy atom. The van der Waals surface area contributed by atoms with E-state index in [4.69, 9.17) is 0 Å². The molecule has 1 aliphatic rings. The van der Waals surface area contributed by atoms with Gasteiger partial charge < -0.3 is 10.4 Å². The van der Waals surface area contributed by atoms with Gasteiger partial charge in [0.05, 0.1) is 29.9 Å². The topological polar surface area (TPSA) is 84.2 Å². The summed E-state index contributed by atoms with van der Waals surface area (Å²) >= 11 is 3.34. The molecule has 23 heavy (non-hydrogen) atoms. The van der Waals surface area contributed by atoms with Crippen LogP contribution in [0.3, 0.4) is 0 Å². The van der Waals surface area contributed by atoms with Crippen molar-refractivity contribution < 1.29 is 9.90 Å². The fraction of sp³-hybridized carbons (Fsp3) is 0.438. The summed E-state index contributed by atoms with van der Waals surface area (Å²) in [7, 11) is 0. The Balaban J connectivity index is 1.76. The van der Waals surface area contributed by atoms with E-state index in [-0.39, 0.29) is 30.3 Å². The molecule has 2 N–H and O–H groups in total. The average Bonchev–Trinajstić information content (AvgIpc) is 2.52. The number of piperidine rings is 1. The zero-order valence-electron chi connectivity index (χ0n) is 12.5. The molecule has 2 heterocycles. The maximum atomic E-state index is 12.4. The molecule has 2 unspecified atom stereocenters. The third kappa shape index (κ3) is 3.68. The smallest absolute Gasteiger partial charge is 0.261 e. The van der Waals surface area contributed by atoms with Gasteiger partial charge in [0.25, 0.3) is 5.56 Å². The number of ketones is 1. The van der Waals surface area contributed by atoms with Gasteiger partial charge in [-0.15, -0.1) is 0 Å². The van der Waals surface area contributed by atoms with Crippen molar-refractivity contribution in [3.05, 3.63) is 39.4 Å². The Bertz CT molecular complexity index is 790. The van der Waals surface area contributed by atoms with Crippen LogP contribution in [-0.2, 0) is 11.3 Å². The van der Waals surface area contributed by atoms with Gasteiger partial charge >= 0.3 is 0 Å². The van der Waals surface area contributed by atoms with E-state index in [1.807, 2.05) is 0 Å². The Morgan fingerprint density at radius 3 is 3.09 bits per heavy atom. The van der Waals surface area contributed by atoms with Gasteiger partial charge in [0.2, 0.25) is 0 Å². The summed E-state index contributed by atoms with van der Waals surface area (Å²) in [5.41, 5.74) is 0.366. The minimum Gasteiger partial charge on any atom is -0.391 e. The highest BCUT2D eigenvalue weighted by molar-refractivity contribution is 9.10. The lowest BCUT2D eigenvalue weighted by atomic mass is 9.97. The normalized spacial score (nSPS) is 21.5. The van der Waals surface area contributed by atoms with E-state index in [2.05, 4.69) is 26.2 Å². The highest BCUT2D eigenvalue weighted by Gasteiger charge is 2.25. The number of carbonyl (C=O) groups excluding carboxylic acids is 1. The second-order valence-electron chi connectivity index (χ2n) is 5.85. The summed E-state index contributed by atoms with van der Waals surface area (Å²) in [6, 6.07) is 5.02. The van der Waals surface area contributed by atoms with Crippen LogP contribution in [0.2, 0.25) is 0 Å². The predicted octanol–water partition coefficient (Wildman–Crippen LogP) is 1.23. The van der Waals surface area contributed by atoms with E-state index < -0.39 is 6.10 Å². The van der Waals surface area contributed by atoms with Gasteiger partial charge in [-0.05, 0) is 37.6 Å². The van der Waals surface area contributed by atoms with Crippen LogP contribution in [-0.4, -0.2) is 39.1 Å². The van der Waals surface area contributed by atoms with E-state index in [0.717, 1.165) is 17.4 Å². The second-order valence-corrected chi connectivity index (χ2v) is 6.77. The highest BCUT2D eigenvalue weighted by Crippen LogP contribution is 2.15. The molecule has 122 valence electrons. The van der Waals surface area contributed by atoms with Crippen LogP contribution >= 0.6 is 15.9 Å². The summed E-state index contributed by atoms with van der Waals surface area (Å²) in [5, 5.41) is 13.5. The number of aliphatic hydroxyl groups is 1. The Hall–Kier alpha value is -1.57. The van der Waals surface area contributed by atoms with Crippen LogP contribution in [0.5, 0.6) is 0 Å². The van der Waals surface area contributed by atoms with Crippen molar-refractivity contribution in [1.29, 1.82) is 0 Å². The van der Waals surface area contributed by atoms with Gasteiger partial charge in [0.15, 0.2) is 5.78 Å². The van der Waals surface area contributed by atoms with Crippen LogP contribution in [0.4, 0.5) is 0 Å². The van der Waals surface area contributed by atoms with Crippen LogP contribution in [0.15, 0.2) is 33.8 Å². The molecule has 3 rings (SSSR count). The Labute approximate surface area is 141 Å². The van der Waals surface area contributed by atoms with E-state index in [1.54, 1.807) is 18.2 Å². The van der Waals surface area contributed by atoms with Crippen molar-refractivity contribution in [1.82, 2.24) is 14.9 Å². The molecule has 1 saturated heterocycles. The molecule has 7 heteroatoms. The number of carbonyl (C=O) groups is 1. The summed E-state index contributed by atoms with van der Waals surface area (Å²) in [6.45, 7) is 0.782. The fourth-order valence-corrected chi connectivity index (χ4v) is 3.24. The largest absolute Gasteiger partial charge is 0.391 e. The Kier molecular flexibility index (Phi) is 4.89. The molecule has 1 fully saturated rings. The second kappa shape index (κ2) is 6.90. The molecule has 0 bridgehead atoms. The van der Waals surface area contributed by atoms with Crippen molar-refractivity contribution in [2.45, 2.75) is 38.0 Å². The molecular formula is C16H18BrN3O3. The molecule has 0 aliphatic carbocycles. The van der Waals surface area contributed by atoms with E-state index >= 15 is 0 Å². The SMILES string of the molecule is O=C(CC1NCCCC1O)Cn1cnc2cc(Br)ccc2c1=O. The van der Waals surface area contributed by atoms with E-state index in [9.17, 15) is 14.7 Å². The molecule has 0 saturated carbocycles. The van der Waals surface area contributed by atoms with Gasteiger partial charge in [0.1, 0.15) is 0 Å². The van der Waals surface area contributed by atoms with Crippen molar-refractivity contribution in [3.8, 4) is 0 Å². The van der Waals surface area contributed by atoms with Crippen molar-refractivity contribution in [2.24, 2.45) is 0 Å². The van der Waals surface area contributed by atoms with Crippen molar-refractivity contribution in [3.63, 3.8) is 0 Å². The summed E-state index contributed by atoms with van der Waals surface area (Å²) < 4.78 is 2.18. The number of halogens is 1. The standard InChI is InChI=1S/C16H18BrN3O3/c17-10-3-4-12-13(6-10)19-9-20(16(12)23)8-11(21)7-14-15(22)2-1-5-18-14/h3-4,6,9,14-15,18,22H,1-2,5,7-8H2. The maximum Gasteiger partial charge on any atom is 0.261 e. The van der Waals surface area contributed by atoms with E-state index in [1.165, 1.54) is 10.9 Å². The summed E-state index contributed by atoms with van der Waals surface area (Å²) in [5.74, 6) is -0.0937. The molecule has 0 radical (unpaired) electrons. The predicted molar refractivity (Wildman–Crippen MR) is 90.4 cm³/mol. The number of nitrogens with zero attached hydrogens (tertiary/aromatic N) is 2. The van der Waals surface area contributed by atoms with Crippen LogP contribution < -0.4 is 10.9 Å². The summed E-state index contributed by atoms with van der Waals surface area (Å²) in [6.07, 6.45) is 2.73. The lowest BCUT2D eigenvalue weighted by Crippen LogP contribution is -2.46. The molecule has 1 aromatic carbocycles. The number of aromatic nitrogens is 2. The number of rotatable bonds is 4. The van der Waals surface area contributed by atoms with Crippen molar-refractivity contribution in [2.75, 3.05) is 6.54 Å². The third-order valence-electron chi connectivity index (χ3n) is 4.13.